The van der Waals surface area contributed by atoms with Crippen LogP contribution in [0.5, 0.6) is 5.75 Å². The van der Waals surface area contributed by atoms with Crippen LogP contribution in [-0.2, 0) is 6.54 Å². The molecule has 0 radical (unpaired) electrons. The van der Waals surface area contributed by atoms with E-state index in [9.17, 15) is 0 Å². The molecule has 0 N–H and O–H groups in total. The first-order chi connectivity index (χ1) is 10.6. The number of methoxy groups -OCH3 is 1. The van der Waals surface area contributed by atoms with Crippen LogP contribution in [0.4, 0.5) is 0 Å². The quantitative estimate of drug-likeness (QED) is 0.674. The Balaban J connectivity index is 2.06. The molecule has 0 aliphatic carbocycles. The Labute approximate surface area is 138 Å². The highest BCUT2D eigenvalue weighted by Crippen LogP contribution is 2.26. The van der Waals surface area contributed by atoms with Gasteiger partial charge in [-0.2, -0.15) is 0 Å². The van der Waals surface area contributed by atoms with Gasteiger partial charge in [-0.25, -0.2) is 0 Å². The average molecular weight is 318 g/mol. The van der Waals surface area contributed by atoms with Crippen molar-refractivity contribution in [2.75, 3.05) is 13.7 Å². The third-order valence-corrected chi connectivity index (χ3v) is 4.20. The smallest absolute Gasteiger partial charge is 0.119 e. The Kier molecular flexibility index (Phi) is 6.29. The van der Waals surface area contributed by atoms with Crippen LogP contribution in [0.2, 0.25) is 0 Å². The lowest BCUT2D eigenvalue weighted by Crippen LogP contribution is -2.33. The zero-order valence-electron chi connectivity index (χ0n) is 13.5. The highest BCUT2D eigenvalue weighted by Gasteiger charge is 2.17. The summed E-state index contributed by atoms with van der Waals surface area (Å²) in [6.45, 7) is 6.13. The second-order valence-corrected chi connectivity index (χ2v) is 6.28. The van der Waals surface area contributed by atoms with E-state index in [4.69, 9.17) is 16.3 Å². The van der Waals surface area contributed by atoms with Crippen LogP contribution >= 0.6 is 11.6 Å². The van der Waals surface area contributed by atoms with Crippen LogP contribution in [0.1, 0.15) is 30.4 Å². The van der Waals surface area contributed by atoms with E-state index >= 15 is 0 Å². The van der Waals surface area contributed by atoms with E-state index in [2.05, 4.69) is 49.1 Å². The van der Waals surface area contributed by atoms with E-state index in [1.165, 1.54) is 5.56 Å². The number of halogens is 1. The third-order valence-electron chi connectivity index (χ3n) is 3.81. The number of hydrogen-bond acceptors (Lipinski definition) is 2. The number of alkyl halides is 1. The molecule has 0 heterocycles. The largest absolute Gasteiger partial charge is 0.497 e. The van der Waals surface area contributed by atoms with Gasteiger partial charge in [-0.3, -0.25) is 4.90 Å². The molecule has 0 fully saturated rings. The van der Waals surface area contributed by atoms with Gasteiger partial charge < -0.3 is 4.74 Å². The third kappa shape index (κ3) is 4.75. The van der Waals surface area contributed by atoms with E-state index in [0.717, 1.165) is 24.4 Å². The summed E-state index contributed by atoms with van der Waals surface area (Å²) >= 11 is 6.64. The van der Waals surface area contributed by atoms with Gasteiger partial charge in [-0.05, 0) is 37.1 Å². The molecule has 0 aliphatic rings. The first-order valence-corrected chi connectivity index (χ1v) is 8.09. The fourth-order valence-corrected chi connectivity index (χ4v) is 2.74. The maximum Gasteiger partial charge on any atom is 0.119 e. The molecule has 2 rings (SSSR count). The van der Waals surface area contributed by atoms with Crippen molar-refractivity contribution in [3.63, 3.8) is 0 Å². The number of ether oxygens (including phenoxy) is 1. The molecular formula is C19H24ClNO. The van der Waals surface area contributed by atoms with Crippen LogP contribution in [0.15, 0.2) is 54.6 Å². The molecule has 22 heavy (non-hydrogen) atoms. The lowest BCUT2D eigenvalue weighted by Gasteiger charge is -2.29. The molecule has 2 aromatic rings. The summed E-state index contributed by atoms with van der Waals surface area (Å²) in [6.07, 6.45) is 0. The van der Waals surface area contributed by atoms with Gasteiger partial charge in [0.25, 0.3) is 0 Å². The highest BCUT2D eigenvalue weighted by molar-refractivity contribution is 6.21. The van der Waals surface area contributed by atoms with E-state index in [1.54, 1.807) is 7.11 Å². The van der Waals surface area contributed by atoms with Gasteiger partial charge in [0, 0.05) is 19.1 Å². The Hall–Kier alpha value is -1.51. The summed E-state index contributed by atoms with van der Waals surface area (Å²) in [7, 11) is 1.68. The van der Waals surface area contributed by atoms with Gasteiger partial charge in [-0.15, -0.1) is 11.6 Å². The van der Waals surface area contributed by atoms with Crippen molar-refractivity contribution >= 4 is 11.6 Å². The van der Waals surface area contributed by atoms with Crippen molar-refractivity contribution in [1.29, 1.82) is 0 Å². The van der Waals surface area contributed by atoms with Gasteiger partial charge in [0.2, 0.25) is 0 Å². The molecule has 118 valence electrons. The molecule has 0 aromatic heterocycles. The fraction of sp³-hybridized carbons (Fsp3) is 0.368. The molecule has 0 aliphatic heterocycles. The SMILES string of the molecule is COc1cccc(C(Cl)CN(Cc2ccccc2)C(C)C)c1. The van der Waals surface area contributed by atoms with Crippen molar-refractivity contribution in [3.05, 3.63) is 65.7 Å². The molecule has 1 unspecified atom stereocenters. The van der Waals surface area contributed by atoms with Crippen molar-refractivity contribution in [2.45, 2.75) is 31.8 Å². The number of hydrogen-bond donors (Lipinski definition) is 0. The van der Waals surface area contributed by atoms with E-state index < -0.39 is 0 Å². The minimum absolute atomic E-state index is 0.0544. The van der Waals surface area contributed by atoms with Gasteiger partial charge in [0.15, 0.2) is 0 Å². The minimum atomic E-state index is -0.0544. The molecule has 0 saturated heterocycles. The Bertz CT molecular complexity index is 571. The zero-order chi connectivity index (χ0) is 15.9. The van der Waals surface area contributed by atoms with Gasteiger partial charge in [0.1, 0.15) is 5.75 Å². The maximum atomic E-state index is 6.64. The lowest BCUT2D eigenvalue weighted by atomic mass is 10.1. The maximum absolute atomic E-state index is 6.64. The summed E-state index contributed by atoms with van der Waals surface area (Å²) < 4.78 is 5.28. The Morgan fingerprint density at radius 2 is 1.77 bits per heavy atom. The summed E-state index contributed by atoms with van der Waals surface area (Å²) in [6, 6.07) is 18.9. The molecule has 1 atom stereocenters. The molecule has 0 saturated carbocycles. The Morgan fingerprint density at radius 3 is 2.41 bits per heavy atom. The van der Waals surface area contributed by atoms with E-state index in [0.29, 0.717) is 6.04 Å². The second kappa shape index (κ2) is 8.21. The standard InChI is InChI=1S/C19H24ClNO/c1-15(2)21(13-16-8-5-4-6-9-16)14-19(20)17-10-7-11-18(12-17)22-3/h4-12,15,19H,13-14H2,1-3H3. The zero-order valence-corrected chi connectivity index (χ0v) is 14.3. The lowest BCUT2D eigenvalue weighted by molar-refractivity contribution is 0.213. The van der Waals surface area contributed by atoms with Gasteiger partial charge in [0.05, 0.1) is 12.5 Å². The fourth-order valence-electron chi connectivity index (χ4n) is 2.42. The molecule has 0 spiro atoms. The van der Waals surface area contributed by atoms with Gasteiger partial charge >= 0.3 is 0 Å². The van der Waals surface area contributed by atoms with Crippen LogP contribution in [0.25, 0.3) is 0 Å². The molecule has 0 bridgehead atoms. The highest BCUT2D eigenvalue weighted by atomic mass is 35.5. The number of benzene rings is 2. The monoisotopic (exact) mass is 317 g/mol. The van der Waals surface area contributed by atoms with Crippen molar-refractivity contribution in [1.82, 2.24) is 4.90 Å². The predicted molar refractivity (Wildman–Crippen MR) is 93.6 cm³/mol. The normalized spacial score (nSPS) is 12.6. The van der Waals surface area contributed by atoms with Crippen LogP contribution in [0.3, 0.4) is 0 Å². The average Bonchev–Trinajstić information content (AvgIpc) is 2.55. The number of rotatable bonds is 7. The molecule has 0 amide bonds. The molecule has 2 aromatic carbocycles. The van der Waals surface area contributed by atoms with Crippen molar-refractivity contribution < 1.29 is 4.74 Å². The first kappa shape index (κ1) is 16.9. The summed E-state index contributed by atoms with van der Waals surface area (Å²) in [5.74, 6) is 0.849. The predicted octanol–water partition coefficient (Wildman–Crippen LogP) is 4.89. The van der Waals surface area contributed by atoms with Crippen LogP contribution in [-0.4, -0.2) is 24.6 Å². The van der Waals surface area contributed by atoms with Crippen molar-refractivity contribution in [2.24, 2.45) is 0 Å². The van der Waals surface area contributed by atoms with E-state index in [1.807, 2.05) is 24.3 Å². The van der Waals surface area contributed by atoms with Crippen LogP contribution < -0.4 is 4.74 Å². The topological polar surface area (TPSA) is 12.5 Å². The second-order valence-electron chi connectivity index (χ2n) is 5.75. The van der Waals surface area contributed by atoms with Crippen LogP contribution in [0, 0.1) is 0 Å². The van der Waals surface area contributed by atoms with E-state index in [-0.39, 0.29) is 5.38 Å². The van der Waals surface area contributed by atoms with Gasteiger partial charge in [-0.1, -0.05) is 42.5 Å². The number of nitrogens with zero attached hydrogens (tertiary/aromatic N) is 1. The summed E-state index contributed by atoms with van der Waals surface area (Å²) in [5.41, 5.74) is 2.41. The molecule has 3 heteroatoms. The summed E-state index contributed by atoms with van der Waals surface area (Å²) in [4.78, 5) is 2.40. The minimum Gasteiger partial charge on any atom is -0.497 e. The molecular weight excluding hydrogens is 294 g/mol. The Morgan fingerprint density at radius 1 is 1.05 bits per heavy atom. The molecule has 2 nitrogen and oxygen atoms in total. The first-order valence-electron chi connectivity index (χ1n) is 7.66. The summed E-state index contributed by atoms with van der Waals surface area (Å²) in [5, 5.41) is -0.0544. The van der Waals surface area contributed by atoms with Crippen molar-refractivity contribution in [3.8, 4) is 5.75 Å².